The molecular weight excluding hydrogens is 152 g/mol. The van der Waals surface area contributed by atoms with Crippen molar-refractivity contribution >= 4 is 24.4 Å². The van der Waals surface area contributed by atoms with Crippen molar-refractivity contribution in [2.75, 3.05) is 5.88 Å². The third-order valence-electron chi connectivity index (χ3n) is 0.997. The van der Waals surface area contributed by atoms with E-state index in [1.807, 2.05) is 5.41 Å². The normalized spacial score (nSPS) is 19.2. The Morgan fingerprint density at radius 2 is 2.78 bits per heavy atom. The van der Waals surface area contributed by atoms with Gasteiger partial charge in [-0.15, -0.1) is 24.4 Å². The highest BCUT2D eigenvalue weighted by atomic mass is 32.2. The fraction of sp³-hybridized carbons (Fsp3) is 0.200. The minimum absolute atomic E-state index is 0.698. The molecule has 4 heteroatoms. The van der Waals surface area contributed by atoms with Crippen LogP contribution in [0.5, 0.6) is 0 Å². The van der Waals surface area contributed by atoms with Crippen molar-refractivity contribution in [2.45, 2.75) is 0 Å². The van der Waals surface area contributed by atoms with Gasteiger partial charge in [-0.25, -0.2) is 0 Å². The van der Waals surface area contributed by atoms with Crippen LogP contribution < -0.4 is 11.1 Å². The lowest BCUT2D eigenvalue weighted by molar-refractivity contribution is 0.985. The number of hydrogen-bond acceptors (Lipinski definition) is 4. The summed E-state index contributed by atoms with van der Waals surface area (Å²) < 4.78 is 0. The lowest BCUT2D eigenvalue weighted by Crippen LogP contribution is -2.12. The van der Waals surface area contributed by atoms with Gasteiger partial charge in [0.15, 0.2) is 0 Å². The van der Waals surface area contributed by atoms with Gasteiger partial charge in [0, 0.05) is 0 Å². The van der Waals surface area contributed by atoms with Crippen LogP contribution in [0.3, 0.4) is 0 Å². The van der Waals surface area contributed by atoms with Gasteiger partial charge in [-0.05, 0) is 10.8 Å². The van der Waals surface area contributed by atoms with Gasteiger partial charge in [-0.3, -0.25) is 0 Å². The summed E-state index contributed by atoms with van der Waals surface area (Å²) >= 11 is 5.61. The lowest BCUT2D eigenvalue weighted by atomic mass is 10.4. The Kier molecular flexibility index (Phi) is 2.36. The molecule has 0 unspecified atom stereocenters. The van der Waals surface area contributed by atoms with E-state index < -0.39 is 0 Å². The first-order valence-electron chi connectivity index (χ1n) is 2.50. The van der Waals surface area contributed by atoms with Crippen molar-refractivity contribution in [3.05, 3.63) is 22.2 Å². The number of hydrogen-bond donors (Lipinski definition) is 3. The summed E-state index contributed by atoms with van der Waals surface area (Å²) in [6, 6.07) is 0. The van der Waals surface area contributed by atoms with E-state index in [1.165, 1.54) is 0 Å². The summed E-state index contributed by atoms with van der Waals surface area (Å²) in [5.41, 5.74) is 7.20. The van der Waals surface area contributed by atoms with Crippen molar-refractivity contribution in [2.24, 2.45) is 5.73 Å². The standard InChI is InChI=1S/C5H8N2S2/c6-4(1-8)5-2-9-3-7-5/h1-2,7-8H,3,6H2/b4-1-. The van der Waals surface area contributed by atoms with E-state index in [2.05, 4.69) is 17.9 Å². The van der Waals surface area contributed by atoms with E-state index in [4.69, 9.17) is 5.73 Å². The molecule has 9 heavy (non-hydrogen) atoms. The molecule has 0 bridgehead atoms. The monoisotopic (exact) mass is 160 g/mol. The highest BCUT2D eigenvalue weighted by molar-refractivity contribution is 8.02. The second-order valence-electron chi connectivity index (χ2n) is 1.60. The second kappa shape index (κ2) is 3.08. The van der Waals surface area contributed by atoms with Gasteiger partial charge in [-0.1, -0.05) is 0 Å². The minimum Gasteiger partial charge on any atom is -0.397 e. The molecule has 0 atom stereocenters. The van der Waals surface area contributed by atoms with E-state index in [1.54, 1.807) is 17.2 Å². The molecule has 0 radical (unpaired) electrons. The molecule has 0 aromatic rings. The van der Waals surface area contributed by atoms with Gasteiger partial charge in [0.1, 0.15) is 0 Å². The maximum absolute atomic E-state index is 5.52. The average Bonchev–Trinajstić information content (AvgIpc) is 2.37. The summed E-state index contributed by atoms with van der Waals surface area (Å²) in [5.74, 6) is 0.914. The van der Waals surface area contributed by atoms with Gasteiger partial charge >= 0.3 is 0 Å². The Morgan fingerprint density at radius 1 is 2.00 bits per heavy atom. The third kappa shape index (κ3) is 1.59. The van der Waals surface area contributed by atoms with Crippen LogP contribution in [0.25, 0.3) is 0 Å². The molecule has 3 N–H and O–H groups in total. The van der Waals surface area contributed by atoms with Crippen LogP contribution in [0, 0.1) is 0 Å². The quantitative estimate of drug-likeness (QED) is 0.498. The maximum Gasteiger partial charge on any atom is 0.0652 e. The number of thiol groups is 1. The summed E-state index contributed by atoms with van der Waals surface area (Å²) in [6.45, 7) is 0. The van der Waals surface area contributed by atoms with Crippen LogP contribution in [-0.2, 0) is 0 Å². The van der Waals surface area contributed by atoms with Crippen molar-refractivity contribution in [3.8, 4) is 0 Å². The van der Waals surface area contributed by atoms with Crippen LogP contribution in [0.2, 0.25) is 0 Å². The van der Waals surface area contributed by atoms with Crippen LogP contribution in [-0.4, -0.2) is 5.88 Å². The number of nitrogens with two attached hydrogens (primary N) is 1. The van der Waals surface area contributed by atoms with Crippen LogP contribution >= 0.6 is 24.4 Å². The minimum atomic E-state index is 0.698. The van der Waals surface area contributed by atoms with Crippen molar-refractivity contribution in [1.82, 2.24) is 5.32 Å². The Labute approximate surface area is 64.0 Å². The first kappa shape index (κ1) is 6.89. The third-order valence-corrected chi connectivity index (χ3v) is 1.99. The van der Waals surface area contributed by atoms with E-state index in [9.17, 15) is 0 Å². The molecule has 0 aromatic heterocycles. The van der Waals surface area contributed by atoms with Crippen LogP contribution in [0.15, 0.2) is 22.2 Å². The SMILES string of the molecule is N/C(=C\S)C1=CSCN1. The predicted molar refractivity (Wildman–Crippen MR) is 44.9 cm³/mol. The highest BCUT2D eigenvalue weighted by Crippen LogP contribution is 2.15. The van der Waals surface area contributed by atoms with E-state index in [0.717, 1.165) is 11.6 Å². The molecule has 1 aliphatic heterocycles. The van der Waals surface area contributed by atoms with E-state index in [0.29, 0.717) is 5.70 Å². The molecule has 1 rings (SSSR count). The molecule has 0 fully saturated rings. The Hall–Kier alpha value is -0.220. The zero-order valence-corrected chi connectivity index (χ0v) is 6.51. The first-order valence-corrected chi connectivity index (χ1v) is 4.07. The number of rotatable bonds is 1. The van der Waals surface area contributed by atoms with Gasteiger partial charge in [0.05, 0.1) is 17.3 Å². The van der Waals surface area contributed by atoms with E-state index in [-0.39, 0.29) is 0 Å². The molecule has 1 aliphatic rings. The Morgan fingerprint density at radius 3 is 3.22 bits per heavy atom. The molecule has 0 aliphatic carbocycles. The molecule has 2 nitrogen and oxygen atoms in total. The van der Waals surface area contributed by atoms with Gasteiger partial charge in [0.2, 0.25) is 0 Å². The zero-order valence-electron chi connectivity index (χ0n) is 4.79. The first-order chi connectivity index (χ1) is 4.34. The summed E-state index contributed by atoms with van der Waals surface area (Å²) in [6.07, 6.45) is 0. The fourth-order valence-corrected chi connectivity index (χ4v) is 1.37. The smallest absolute Gasteiger partial charge is 0.0652 e. The molecule has 0 aromatic carbocycles. The van der Waals surface area contributed by atoms with Gasteiger partial charge in [-0.2, -0.15) is 0 Å². The molecule has 1 heterocycles. The van der Waals surface area contributed by atoms with Crippen molar-refractivity contribution in [3.63, 3.8) is 0 Å². The van der Waals surface area contributed by atoms with Crippen molar-refractivity contribution < 1.29 is 0 Å². The lowest BCUT2D eigenvalue weighted by Gasteiger charge is -1.99. The zero-order chi connectivity index (χ0) is 6.69. The molecular formula is C5H8N2S2. The molecule has 0 spiro atoms. The molecule has 50 valence electrons. The van der Waals surface area contributed by atoms with Crippen LogP contribution in [0.4, 0.5) is 0 Å². The Balaban J connectivity index is 2.61. The van der Waals surface area contributed by atoms with Gasteiger partial charge < -0.3 is 11.1 Å². The number of thioether (sulfide) groups is 1. The maximum atomic E-state index is 5.52. The Bertz CT molecular complexity index is 162. The molecule has 0 saturated carbocycles. The number of nitrogens with one attached hydrogen (secondary N) is 1. The van der Waals surface area contributed by atoms with Gasteiger partial charge in [0.25, 0.3) is 0 Å². The second-order valence-corrected chi connectivity index (χ2v) is 2.72. The highest BCUT2D eigenvalue weighted by Gasteiger charge is 2.03. The fourth-order valence-electron chi connectivity index (χ4n) is 0.526. The predicted octanol–water partition coefficient (Wildman–Crippen LogP) is 0.852. The summed E-state index contributed by atoms with van der Waals surface area (Å²) in [7, 11) is 0. The topological polar surface area (TPSA) is 38.0 Å². The summed E-state index contributed by atoms with van der Waals surface area (Å²) in [5, 5.41) is 6.67. The largest absolute Gasteiger partial charge is 0.397 e. The van der Waals surface area contributed by atoms with E-state index >= 15 is 0 Å². The summed E-state index contributed by atoms with van der Waals surface area (Å²) in [4.78, 5) is 0. The molecule has 0 saturated heterocycles. The van der Waals surface area contributed by atoms with Crippen LogP contribution in [0.1, 0.15) is 0 Å². The molecule has 0 amide bonds. The van der Waals surface area contributed by atoms with Crippen molar-refractivity contribution in [1.29, 1.82) is 0 Å². The average molecular weight is 160 g/mol.